The molecule has 0 aromatic heterocycles. The molecule has 82 valence electrons. The van der Waals surface area contributed by atoms with Crippen molar-refractivity contribution in [2.75, 3.05) is 0 Å². The van der Waals surface area contributed by atoms with E-state index in [1.165, 1.54) is 4.46 Å². The summed E-state index contributed by atoms with van der Waals surface area (Å²) in [6.07, 6.45) is 4.81. The Kier molecular flexibility index (Phi) is 6.42. The van der Waals surface area contributed by atoms with Gasteiger partial charge in [-0.3, -0.25) is 0 Å². The summed E-state index contributed by atoms with van der Waals surface area (Å²) in [5.74, 6) is 0. The van der Waals surface area contributed by atoms with E-state index < -0.39 is 0 Å². The van der Waals surface area contributed by atoms with E-state index >= 15 is 0 Å². The predicted octanol–water partition coefficient (Wildman–Crippen LogP) is 2.08. The maximum atomic E-state index is 9.58. The monoisotopic (exact) mass is 270 g/mol. The van der Waals surface area contributed by atoms with Crippen LogP contribution in [0, 0.1) is 0 Å². The second-order valence-corrected chi connectivity index (χ2v) is 5.52. The van der Waals surface area contributed by atoms with Gasteiger partial charge in [-0.05, 0) is 0 Å². The Morgan fingerprint density at radius 2 is 2.07 bits per heavy atom. The Balaban J connectivity index is 2.27. The first-order valence-corrected chi connectivity index (χ1v) is 7.24. The first-order valence-electron chi connectivity index (χ1n) is 5.39. The van der Waals surface area contributed by atoms with Crippen molar-refractivity contribution in [3.8, 4) is 0 Å². The fourth-order valence-electron chi connectivity index (χ4n) is 1.22. The van der Waals surface area contributed by atoms with E-state index in [-0.39, 0.29) is 6.10 Å². The van der Waals surface area contributed by atoms with E-state index in [1.807, 2.05) is 12.1 Å². The molecule has 0 heterocycles. The van der Waals surface area contributed by atoms with Crippen molar-refractivity contribution >= 4 is 19.4 Å². The number of unbranched alkanes of at least 4 members (excludes halogenated alkanes) is 1. The average Bonchev–Trinajstić information content (AvgIpc) is 2.28. The molecule has 0 spiro atoms. The summed E-state index contributed by atoms with van der Waals surface area (Å²) in [6, 6.07) is 10.4. The van der Waals surface area contributed by atoms with Gasteiger partial charge in [0.05, 0.1) is 0 Å². The molecular weight excluding hydrogens is 251 g/mol. The van der Waals surface area contributed by atoms with Crippen molar-refractivity contribution in [1.29, 1.82) is 0 Å². The summed E-state index contributed by atoms with van der Waals surface area (Å²) in [4.78, 5) is 2.11. The third kappa shape index (κ3) is 5.78. The van der Waals surface area contributed by atoms with Crippen molar-refractivity contribution in [1.82, 2.24) is 0 Å². The molecule has 2 heteroatoms. The number of benzene rings is 1. The molecular formula is C13H18OSe. The van der Waals surface area contributed by atoms with Crippen LogP contribution in [-0.2, 0) is 0 Å². The molecule has 1 rings (SSSR count). The average molecular weight is 269 g/mol. The van der Waals surface area contributed by atoms with E-state index in [1.54, 1.807) is 0 Å². The zero-order valence-electron chi connectivity index (χ0n) is 9.10. The van der Waals surface area contributed by atoms with Crippen LogP contribution in [0.5, 0.6) is 0 Å². The van der Waals surface area contributed by atoms with Crippen molar-refractivity contribution in [2.24, 2.45) is 0 Å². The molecule has 1 unspecified atom stereocenters. The Hall–Kier alpha value is -0.561. The van der Waals surface area contributed by atoms with Gasteiger partial charge in [-0.25, -0.2) is 0 Å². The van der Waals surface area contributed by atoms with Gasteiger partial charge in [0.15, 0.2) is 0 Å². The zero-order chi connectivity index (χ0) is 10.9. The fraction of sp³-hybridized carbons (Fsp3) is 0.385. The number of hydrogen-bond donors (Lipinski definition) is 1. The summed E-state index contributed by atoms with van der Waals surface area (Å²) >= 11 is 0.356. The van der Waals surface area contributed by atoms with Crippen molar-refractivity contribution in [2.45, 2.75) is 32.3 Å². The van der Waals surface area contributed by atoms with Gasteiger partial charge >= 0.3 is 98.2 Å². The molecule has 0 aliphatic rings. The number of rotatable bonds is 6. The summed E-state index contributed by atoms with van der Waals surface area (Å²) in [6.45, 7) is 2.14. The number of aliphatic hydroxyl groups is 1. The number of aliphatic hydroxyl groups excluding tert-OH is 1. The summed E-state index contributed by atoms with van der Waals surface area (Å²) in [7, 11) is 0. The van der Waals surface area contributed by atoms with Crippen LogP contribution in [-0.4, -0.2) is 26.2 Å². The first-order chi connectivity index (χ1) is 7.33. The summed E-state index contributed by atoms with van der Waals surface area (Å²) < 4.78 is 1.35. The molecule has 0 saturated carbocycles. The summed E-state index contributed by atoms with van der Waals surface area (Å²) in [5.41, 5.74) is 0. The van der Waals surface area contributed by atoms with Crippen LogP contribution in [0.25, 0.3) is 0 Å². The molecule has 1 N–H and O–H groups in total. The molecule has 0 bridgehead atoms. The van der Waals surface area contributed by atoms with Crippen molar-refractivity contribution in [3.05, 3.63) is 41.4 Å². The Labute approximate surface area is 98.4 Å². The second-order valence-electron chi connectivity index (χ2n) is 3.47. The van der Waals surface area contributed by atoms with Crippen LogP contribution >= 0.6 is 0 Å². The summed E-state index contributed by atoms with van der Waals surface area (Å²) in [5, 5.41) is 9.58. The van der Waals surface area contributed by atoms with Gasteiger partial charge < -0.3 is 0 Å². The van der Waals surface area contributed by atoms with Crippen LogP contribution < -0.4 is 4.46 Å². The molecule has 1 aromatic carbocycles. The number of hydrogen-bond acceptors (Lipinski definition) is 1. The standard InChI is InChI=1S/C13H18OSe/c1-2-3-7-12(14)10-11-15-13-8-5-4-6-9-13/h4-6,8-12,14H,2-3,7H2,1H3. The molecule has 1 atom stereocenters. The molecule has 15 heavy (non-hydrogen) atoms. The molecule has 0 saturated heterocycles. The Bertz CT molecular complexity index is 282. The Morgan fingerprint density at radius 3 is 2.73 bits per heavy atom. The van der Waals surface area contributed by atoms with E-state index in [4.69, 9.17) is 0 Å². The molecule has 0 aliphatic heterocycles. The van der Waals surface area contributed by atoms with Crippen molar-refractivity contribution < 1.29 is 5.11 Å². The predicted molar refractivity (Wildman–Crippen MR) is 66.5 cm³/mol. The topological polar surface area (TPSA) is 20.2 Å². The molecule has 0 amide bonds. The van der Waals surface area contributed by atoms with E-state index in [0.29, 0.717) is 15.0 Å². The van der Waals surface area contributed by atoms with Crippen LogP contribution in [0.3, 0.4) is 0 Å². The minimum absolute atomic E-state index is 0.254. The van der Waals surface area contributed by atoms with Gasteiger partial charge in [-0.1, -0.05) is 0 Å². The van der Waals surface area contributed by atoms with Crippen LogP contribution in [0.1, 0.15) is 26.2 Å². The van der Waals surface area contributed by atoms with Crippen LogP contribution in [0.15, 0.2) is 41.4 Å². The van der Waals surface area contributed by atoms with Crippen LogP contribution in [0.2, 0.25) is 0 Å². The normalized spacial score (nSPS) is 13.2. The minimum atomic E-state index is -0.254. The molecule has 0 aliphatic carbocycles. The Morgan fingerprint density at radius 1 is 1.33 bits per heavy atom. The van der Waals surface area contributed by atoms with Gasteiger partial charge in [0.1, 0.15) is 0 Å². The zero-order valence-corrected chi connectivity index (χ0v) is 10.8. The van der Waals surface area contributed by atoms with Gasteiger partial charge in [-0.2, -0.15) is 0 Å². The fourth-order valence-corrected chi connectivity index (χ4v) is 2.75. The molecule has 0 fully saturated rings. The molecule has 1 nitrogen and oxygen atoms in total. The van der Waals surface area contributed by atoms with Gasteiger partial charge in [-0.15, -0.1) is 0 Å². The van der Waals surface area contributed by atoms with Gasteiger partial charge in [0, 0.05) is 0 Å². The van der Waals surface area contributed by atoms with Crippen LogP contribution in [0.4, 0.5) is 0 Å². The molecule has 0 radical (unpaired) electrons. The first kappa shape index (κ1) is 12.5. The van der Waals surface area contributed by atoms with Crippen molar-refractivity contribution in [3.63, 3.8) is 0 Å². The second kappa shape index (κ2) is 7.70. The third-order valence-electron chi connectivity index (χ3n) is 2.10. The third-order valence-corrected chi connectivity index (χ3v) is 3.86. The van der Waals surface area contributed by atoms with Gasteiger partial charge in [0.25, 0.3) is 0 Å². The van der Waals surface area contributed by atoms with E-state index in [2.05, 4.69) is 36.2 Å². The quantitative estimate of drug-likeness (QED) is 0.784. The maximum absolute atomic E-state index is 9.58. The SMILES string of the molecule is CCCCC(O)C=C[Se]c1ccccc1. The molecule has 1 aromatic rings. The van der Waals surface area contributed by atoms with E-state index in [9.17, 15) is 5.11 Å². The van der Waals surface area contributed by atoms with E-state index in [0.717, 1.165) is 19.3 Å². The van der Waals surface area contributed by atoms with Gasteiger partial charge in [0.2, 0.25) is 0 Å².